The molecule has 1 amide bonds. The number of carbonyl (C=O) groups excluding carboxylic acids is 1. The molecule has 2 N–H and O–H groups in total. The normalized spacial score (nSPS) is 13.3. The number of rotatable bonds is 8. The number of carboxylic acid groups (broad SMARTS) is 1. The highest BCUT2D eigenvalue weighted by Gasteiger charge is 2.20. The standard InChI is InChI=1S/C15H20FNO4/c1-3-5-11(15(19)20)9-17-14(18)10(2)21-13-7-4-6-12(16)8-13/h4,6-8,10-11H,3,5,9H2,1-2H3,(H,17,18)(H,19,20). The van der Waals surface area contributed by atoms with Crippen molar-refractivity contribution >= 4 is 11.9 Å². The first-order valence-electron chi connectivity index (χ1n) is 6.86. The summed E-state index contributed by atoms with van der Waals surface area (Å²) in [6.07, 6.45) is 0.389. The Kier molecular flexibility index (Phi) is 6.65. The molecule has 1 aromatic rings. The van der Waals surface area contributed by atoms with E-state index in [9.17, 15) is 14.0 Å². The predicted octanol–water partition coefficient (Wildman–Crippen LogP) is 2.21. The van der Waals surface area contributed by atoms with E-state index in [4.69, 9.17) is 9.84 Å². The second-order valence-corrected chi connectivity index (χ2v) is 4.79. The van der Waals surface area contributed by atoms with Crippen LogP contribution in [-0.4, -0.2) is 29.6 Å². The van der Waals surface area contributed by atoms with Crippen LogP contribution in [0.5, 0.6) is 5.75 Å². The van der Waals surface area contributed by atoms with Gasteiger partial charge in [0.2, 0.25) is 0 Å². The molecule has 0 heterocycles. The number of halogens is 1. The fraction of sp³-hybridized carbons (Fsp3) is 0.467. The summed E-state index contributed by atoms with van der Waals surface area (Å²) in [6, 6.07) is 5.49. The van der Waals surface area contributed by atoms with Crippen LogP contribution in [0.15, 0.2) is 24.3 Å². The van der Waals surface area contributed by atoms with Crippen LogP contribution in [0, 0.1) is 11.7 Å². The maximum absolute atomic E-state index is 13.0. The Hall–Kier alpha value is -2.11. The Balaban J connectivity index is 2.49. The van der Waals surface area contributed by atoms with E-state index in [1.54, 1.807) is 6.07 Å². The molecule has 1 rings (SSSR count). The van der Waals surface area contributed by atoms with Gasteiger partial charge in [0.1, 0.15) is 11.6 Å². The number of ether oxygens (including phenoxy) is 1. The molecule has 1 aromatic carbocycles. The molecule has 0 saturated carbocycles. The number of carbonyl (C=O) groups is 2. The van der Waals surface area contributed by atoms with Gasteiger partial charge in [-0.15, -0.1) is 0 Å². The van der Waals surface area contributed by atoms with Crippen molar-refractivity contribution < 1.29 is 23.8 Å². The number of aliphatic carboxylic acids is 1. The highest BCUT2D eigenvalue weighted by Crippen LogP contribution is 2.14. The number of benzene rings is 1. The maximum atomic E-state index is 13.0. The van der Waals surface area contributed by atoms with Gasteiger partial charge in [0.15, 0.2) is 6.10 Å². The molecule has 0 fully saturated rings. The van der Waals surface area contributed by atoms with Crippen LogP contribution < -0.4 is 10.1 Å². The van der Waals surface area contributed by atoms with Crippen molar-refractivity contribution in [2.75, 3.05) is 6.54 Å². The van der Waals surface area contributed by atoms with E-state index in [1.807, 2.05) is 6.92 Å². The summed E-state index contributed by atoms with van der Waals surface area (Å²) in [5, 5.41) is 11.5. The average Bonchev–Trinajstić information content (AvgIpc) is 2.42. The lowest BCUT2D eigenvalue weighted by molar-refractivity contribution is -0.142. The first kappa shape index (κ1) is 16.9. The third kappa shape index (κ3) is 5.81. The van der Waals surface area contributed by atoms with Gasteiger partial charge in [0.25, 0.3) is 5.91 Å². The van der Waals surface area contributed by atoms with Gasteiger partial charge in [-0.3, -0.25) is 9.59 Å². The van der Waals surface area contributed by atoms with Crippen molar-refractivity contribution in [1.82, 2.24) is 5.32 Å². The van der Waals surface area contributed by atoms with Crippen LogP contribution in [0.2, 0.25) is 0 Å². The summed E-state index contributed by atoms with van der Waals surface area (Å²) < 4.78 is 18.3. The molecule has 0 radical (unpaired) electrons. The average molecular weight is 297 g/mol. The maximum Gasteiger partial charge on any atom is 0.308 e. The van der Waals surface area contributed by atoms with Crippen LogP contribution in [0.25, 0.3) is 0 Å². The molecule has 0 bridgehead atoms. The van der Waals surface area contributed by atoms with E-state index < -0.39 is 29.7 Å². The molecule has 0 aromatic heterocycles. The van der Waals surface area contributed by atoms with Crippen molar-refractivity contribution in [3.05, 3.63) is 30.1 Å². The van der Waals surface area contributed by atoms with Gasteiger partial charge in [0, 0.05) is 12.6 Å². The lowest BCUT2D eigenvalue weighted by Crippen LogP contribution is -2.40. The molecular formula is C15H20FNO4. The minimum atomic E-state index is -0.934. The van der Waals surface area contributed by atoms with E-state index in [0.29, 0.717) is 6.42 Å². The zero-order chi connectivity index (χ0) is 15.8. The highest BCUT2D eigenvalue weighted by molar-refractivity contribution is 5.81. The first-order chi connectivity index (χ1) is 9.93. The van der Waals surface area contributed by atoms with Crippen LogP contribution >= 0.6 is 0 Å². The summed E-state index contributed by atoms with van der Waals surface area (Å²) in [5.74, 6) is -2.17. The summed E-state index contributed by atoms with van der Waals surface area (Å²) in [6.45, 7) is 3.46. The summed E-state index contributed by atoms with van der Waals surface area (Å²) >= 11 is 0. The number of hydrogen-bond acceptors (Lipinski definition) is 3. The van der Waals surface area contributed by atoms with Gasteiger partial charge in [0.05, 0.1) is 5.92 Å². The fourth-order valence-corrected chi connectivity index (χ4v) is 1.83. The molecule has 21 heavy (non-hydrogen) atoms. The Morgan fingerprint density at radius 3 is 2.71 bits per heavy atom. The molecule has 0 aliphatic heterocycles. The van der Waals surface area contributed by atoms with E-state index in [2.05, 4.69) is 5.32 Å². The molecule has 0 aliphatic carbocycles. The monoisotopic (exact) mass is 297 g/mol. The Morgan fingerprint density at radius 1 is 1.43 bits per heavy atom. The Labute approximate surface area is 123 Å². The Morgan fingerprint density at radius 2 is 2.14 bits per heavy atom. The van der Waals surface area contributed by atoms with Crippen molar-refractivity contribution in [1.29, 1.82) is 0 Å². The Bertz CT molecular complexity index is 492. The van der Waals surface area contributed by atoms with Crippen molar-refractivity contribution in [2.45, 2.75) is 32.8 Å². The van der Waals surface area contributed by atoms with E-state index in [1.165, 1.54) is 25.1 Å². The number of nitrogens with one attached hydrogen (secondary N) is 1. The van der Waals surface area contributed by atoms with Crippen LogP contribution in [0.4, 0.5) is 4.39 Å². The second kappa shape index (κ2) is 8.24. The fourth-order valence-electron chi connectivity index (χ4n) is 1.83. The molecule has 2 atom stereocenters. The predicted molar refractivity (Wildman–Crippen MR) is 75.5 cm³/mol. The number of carboxylic acids is 1. The molecule has 6 heteroatoms. The summed E-state index contributed by atoms with van der Waals surface area (Å²) in [7, 11) is 0. The van der Waals surface area contributed by atoms with Gasteiger partial charge in [-0.05, 0) is 25.5 Å². The molecule has 116 valence electrons. The molecule has 0 saturated heterocycles. The topological polar surface area (TPSA) is 75.6 Å². The van der Waals surface area contributed by atoms with Gasteiger partial charge in [-0.25, -0.2) is 4.39 Å². The SMILES string of the molecule is CCCC(CNC(=O)C(C)Oc1cccc(F)c1)C(=O)O. The lowest BCUT2D eigenvalue weighted by Gasteiger charge is -2.17. The minimum absolute atomic E-state index is 0.0544. The van der Waals surface area contributed by atoms with Gasteiger partial charge >= 0.3 is 5.97 Å². The second-order valence-electron chi connectivity index (χ2n) is 4.79. The van der Waals surface area contributed by atoms with Crippen LogP contribution in [-0.2, 0) is 9.59 Å². The summed E-state index contributed by atoms with van der Waals surface area (Å²) in [5.41, 5.74) is 0. The van der Waals surface area contributed by atoms with Crippen LogP contribution in [0.3, 0.4) is 0 Å². The van der Waals surface area contributed by atoms with E-state index in [0.717, 1.165) is 6.42 Å². The molecule has 5 nitrogen and oxygen atoms in total. The van der Waals surface area contributed by atoms with Gasteiger partial charge in [-0.2, -0.15) is 0 Å². The van der Waals surface area contributed by atoms with E-state index in [-0.39, 0.29) is 12.3 Å². The third-order valence-corrected chi connectivity index (χ3v) is 2.99. The molecular weight excluding hydrogens is 277 g/mol. The zero-order valence-electron chi connectivity index (χ0n) is 12.1. The van der Waals surface area contributed by atoms with E-state index >= 15 is 0 Å². The number of amides is 1. The molecule has 0 spiro atoms. The van der Waals surface area contributed by atoms with Gasteiger partial charge in [-0.1, -0.05) is 19.4 Å². The quantitative estimate of drug-likeness (QED) is 0.771. The van der Waals surface area contributed by atoms with Crippen molar-refractivity contribution in [3.63, 3.8) is 0 Å². The van der Waals surface area contributed by atoms with Crippen molar-refractivity contribution in [2.24, 2.45) is 5.92 Å². The highest BCUT2D eigenvalue weighted by atomic mass is 19.1. The first-order valence-corrected chi connectivity index (χ1v) is 6.86. The minimum Gasteiger partial charge on any atom is -0.481 e. The van der Waals surface area contributed by atoms with Gasteiger partial charge < -0.3 is 15.2 Å². The number of hydrogen-bond donors (Lipinski definition) is 2. The smallest absolute Gasteiger partial charge is 0.308 e. The zero-order valence-corrected chi connectivity index (χ0v) is 12.1. The molecule has 2 unspecified atom stereocenters. The summed E-state index contributed by atoms with van der Waals surface area (Å²) in [4.78, 5) is 22.8. The lowest BCUT2D eigenvalue weighted by atomic mass is 10.0. The third-order valence-electron chi connectivity index (χ3n) is 2.99. The van der Waals surface area contributed by atoms with Crippen molar-refractivity contribution in [3.8, 4) is 5.75 Å². The van der Waals surface area contributed by atoms with Crippen LogP contribution in [0.1, 0.15) is 26.7 Å². The largest absolute Gasteiger partial charge is 0.481 e. The molecule has 0 aliphatic rings.